The number of hydrogen-bond acceptors (Lipinski definition) is 4. The fraction of sp³-hybridized carbons (Fsp3) is 0.0426. The average molecular weight is 683 g/mol. The molecule has 11 rings (SSSR count). The van der Waals surface area contributed by atoms with Gasteiger partial charge in [0, 0.05) is 18.1 Å². The number of carbonyl (C=O) groups is 1. The second-order valence-electron chi connectivity index (χ2n) is 13.8. The molecule has 6 nitrogen and oxygen atoms in total. The van der Waals surface area contributed by atoms with Crippen LogP contribution >= 0.6 is 0 Å². The molecule has 1 N–H and O–H groups in total. The van der Waals surface area contributed by atoms with Gasteiger partial charge in [-0.25, -0.2) is 4.79 Å². The van der Waals surface area contributed by atoms with Crippen molar-refractivity contribution in [2.45, 2.75) is 11.6 Å². The smallest absolute Gasteiger partial charge is 0.336 e. The molecule has 8 aromatic rings. The molecule has 1 aromatic heterocycles. The Balaban J connectivity index is 1.15. The summed E-state index contributed by atoms with van der Waals surface area (Å²) < 4.78 is 0. The van der Waals surface area contributed by atoms with Gasteiger partial charge in [-0.15, -0.1) is 0 Å². The second kappa shape index (κ2) is 11.1. The molecule has 7 aromatic carbocycles. The molecule has 1 unspecified atom stereocenters. The summed E-state index contributed by atoms with van der Waals surface area (Å²) in [6.45, 7) is 0. The number of benzene rings is 7. The maximum Gasteiger partial charge on any atom is 0.336 e. The molecule has 1 atom stereocenters. The number of anilines is 3. The lowest BCUT2D eigenvalue weighted by Crippen LogP contribution is -2.48. The van der Waals surface area contributed by atoms with Crippen LogP contribution in [0.15, 0.2) is 170 Å². The highest BCUT2D eigenvalue weighted by molar-refractivity contribution is 6.14. The molecular formula is C47H30N4O2. The zero-order valence-corrected chi connectivity index (χ0v) is 28.4. The molecular weight excluding hydrogens is 653 g/mol. The number of carbonyl (C=O) groups excluding carboxylic acids is 1. The minimum atomic E-state index is -1.33. The highest BCUT2D eigenvalue weighted by atomic mass is 16.3. The van der Waals surface area contributed by atoms with E-state index in [4.69, 9.17) is 4.98 Å². The normalized spacial score (nSPS) is 15.9. The van der Waals surface area contributed by atoms with E-state index >= 15 is 4.79 Å². The minimum absolute atomic E-state index is 0.366. The van der Waals surface area contributed by atoms with E-state index < -0.39 is 11.6 Å². The van der Waals surface area contributed by atoms with Crippen LogP contribution < -0.4 is 9.80 Å². The molecule has 53 heavy (non-hydrogen) atoms. The number of aromatic nitrogens is 2. The van der Waals surface area contributed by atoms with E-state index in [9.17, 15) is 5.11 Å². The molecule has 3 aliphatic rings. The number of aliphatic hydroxyl groups excluding tert-OH is 1. The third-order valence-electron chi connectivity index (χ3n) is 11.3. The summed E-state index contributed by atoms with van der Waals surface area (Å²) in [5, 5.41) is 12.4. The van der Waals surface area contributed by atoms with Crippen molar-refractivity contribution in [1.29, 1.82) is 0 Å². The van der Waals surface area contributed by atoms with Gasteiger partial charge in [-0.1, -0.05) is 121 Å². The fourth-order valence-corrected chi connectivity index (χ4v) is 9.13. The molecule has 0 radical (unpaired) electrons. The van der Waals surface area contributed by atoms with Crippen LogP contribution in [0.3, 0.4) is 0 Å². The second-order valence-corrected chi connectivity index (χ2v) is 13.8. The van der Waals surface area contributed by atoms with Gasteiger partial charge in [0.25, 0.3) is 0 Å². The zero-order valence-electron chi connectivity index (χ0n) is 28.4. The highest BCUT2D eigenvalue weighted by Gasteiger charge is 2.52. The van der Waals surface area contributed by atoms with Crippen molar-refractivity contribution < 1.29 is 9.90 Å². The molecule has 6 heteroatoms. The predicted octanol–water partition coefficient (Wildman–Crippen LogP) is 10.4. The summed E-state index contributed by atoms with van der Waals surface area (Å²) in [5.74, 6) is 0. The van der Waals surface area contributed by atoms with Crippen LogP contribution in [-0.2, 0) is 5.41 Å². The van der Waals surface area contributed by atoms with Crippen LogP contribution in [0.5, 0.6) is 0 Å². The summed E-state index contributed by atoms with van der Waals surface area (Å²) in [7, 11) is 0. The Morgan fingerprint density at radius 2 is 1.13 bits per heavy atom. The van der Waals surface area contributed by atoms with E-state index in [1.54, 1.807) is 17.3 Å². The van der Waals surface area contributed by atoms with Gasteiger partial charge in [0.1, 0.15) is 0 Å². The average Bonchev–Trinajstić information content (AvgIpc) is 3.68. The van der Waals surface area contributed by atoms with Gasteiger partial charge in [0.05, 0.1) is 33.4 Å². The summed E-state index contributed by atoms with van der Waals surface area (Å²) >= 11 is 0. The van der Waals surface area contributed by atoms with Crippen LogP contribution in [0.1, 0.15) is 34.0 Å². The maximum atomic E-state index is 15.2. The van der Waals surface area contributed by atoms with Crippen LogP contribution in [0.2, 0.25) is 0 Å². The van der Waals surface area contributed by atoms with Gasteiger partial charge >= 0.3 is 6.03 Å². The van der Waals surface area contributed by atoms with E-state index in [0.29, 0.717) is 33.7 Å². The lowest BCUT2D eigenvalue weighted by atomic mass is 9.70. The van der Waals surface area contributed by atoms with E-state index in [2.05, 4.69) is 102 Å². The molecule has 2 amide bonds. The van der Waals surface area contributed by atoms with Crippen LogP contribution in [0, 0.1) is 0 Å². The molecule has 1 aliphatic heterocycles. The number of nitrogens with zero attached hydrogens (tertiary/aromatic N) is 4. The number of fused-ring (bicyclic) bond motifs is 13. The number of hydrogen-bond donors (Lipinski definition) is 1. The van der Waals surface area contributed by atoms with Gasteiger partial charge in [0.2, 0.25) is 0 Å². The van der Waals surface area contributed by atoms with Gasteiger partial charge in [-0.3, -0.25) is 19.8 Å². The summed E-state index contributed by atoms with van der Waals surface area (Å²) in [6, 6.07) is 53.5. The molecule has 0 saturated heterocycles. The topological polar surface area (TPSA) is 69.6 Å². The first kappa shape index (κ1) is 29.8. The monoisotopic (exact) mass is 682 g/mol. The third-order valence-corrected chi connectivity index (χ3v) is 11.3. The van der Waals surface area contributed by atoms with Crippen molar-refractivity contribution in [1.82, 2.24) is 9.97 Å². The quantitative estimate of drug-likeness (QED) is 0.201. The van der Waals surface area contributed by atoms with Crippen molar-refractivity contribution in [2.75, 3.05) is 9.80 Å². The standard InChI is InChI=1S/C47H30N4O2/c52-45-43-42(24-23-41-44(43)49-26-25-48-41)50(31-14-10-13-30(27-31)29-11-2-1-3-12-29)46(53)51(45)32-21-22-36-35-17-6-9-20-39(35)47(40(36)28-32)37-18-7-4-15-33(37)34-16-5-8-19-38(34)47/h1-28,45,52H. The predicted molar refractivity (Wildman–Crippen MR) is 209 cm³/mol. The van der Waals surface area contributed by atoms with Gasteiger partial charge in [0.15, 0.2) is 6.23 Å². The van der Waals surface area contributed by atoms with Crippen molar-refractivity contribution in [3.05, 3.63) is 198 Å². The number of amides is 2. The molecule has 2 heterocycles. The Hall–Kier alpha value is -6.89. The van der Waals surface area contributed by atoms with Crippen molar-refractivity contribution in [3.8, 4) is 33.4 Å². The Morgan fingerprint density at radius 3 is 1.83 bits per heavy atom. The Bertz CT molecular complexity index is 2750. The molecule has 0 fully saturated rings. The molecule has 250 valence electrons. The van der Waals surface area contributed by atoms with E-state index in [1.807, 2.05) is 60.7 Å². The third kappa shape index (κ3) is 3.98. The summed E-state index contributed by atoms with van der Waals surface area (Å²) in [5.41, 5.74) is 14.4. The fourth-order valence-electron chi connectivity index (χ4n) is 9.13. The number of rotatable bonds is 3. The lowest BCUT2D eigenvalue weighted by Gasteiger charge is -2.41. The van der Waals surface area contributed by atoms with Crippen LogP contribution in [0.25, 0.3) is 44.4 Å². The molecule has 0 bridgehead atoms. The van der Waals surface area contributed by atoms with E-state index in [0.717, 1.165) is 27.8 Å². The van der Waals surface area contributed by atoms with E-state index in [-0.39, 0.29) is 6.03 Å². The zero-order chi connectivity index (χ0) is 35.3. The lowest BCUT2D eigenvalue weighted by molar-refractivity contribution is 0.169. The SMILES string of the molecule is O=C1N(c2cccc(-c3ccccc3)c2)c2ccc3nccnc3c2C(O)N1c1ccc2c(c1)C1(c3ccccc3-c3ccccc31)c1ccccc1-2. The maximum absolute atomic E-state index is 15.2. The first-order chi connectivity index (χ1) is 26.1. The number of aliphatic hydroxyl groups is 1. The van der Waals surface area contributed by atoms with Crippen molar-refractivity contribution in [2.24, 2.45) is 0 Å². The highest BCUT2D eigenvalue weighted by Crippen LogP contribution is 2.63. The van der Waals surface area contributed by atoms with Gasteiger partial charge in [-0.05, 0) is 92.0 Å². The minimum Gasteiger partial charge on any atom is -0.369 e. The van der Waals surface area contributed by atoms with Crippen molar-refractivity contribution >= 4 is 34.1 Å². The van der Waals surface area contributed by atoms with Crippen molar-refractivity contribution in [3.63, 3.8) is 0 Å². The largest absolute Gasteiger partial charge is 0.369 e. The first-order valence-electron chi connectivity index (χ1n) is 17.8. The molecule has 2 aliphatic carbocycles. The Morgan fingerprint density at radius 1 is 0.528 bits per heavy atom. The molecule has 0 saturated carbocycles. The summed E-state index contributed by atoms with van der Waals surface area (Å²) in [6.07, 6.45) is 1.94. The van der Waals surface area contributed by atoms with Gasteiger partial charge < -0.3 is 5.11 Å². The summed E-state index contributed by atoms with van der Waals surface area (Å²) in [4.78, 5) is 27.6. The first-order valence-corrected chi connectivity index (χ1v) is 17.8. The number of urea groups is 1. The Labute approximate surface area is 305 Å². The van der Waals surface area contributed by atoms with Crippen LogP contribution in [0.4, 0.5) is 21.9 Å². The van der Waals surface area contributed by atoms with E-state index in [1.165, 1.54) is 32.7 Å². The molecule has 1 spiro atoms. The Kier molecular flexibility index (Phi) is 6.22. The van der Waals surface area contributed by atoms with Crippen LogP contribution in [-0.4, -0.2) is 21.1 Å². The van der Waals surface area contributed by atoms with Gasteiger partial charge in [-0.2, -0.15) is 0 Å².